The molecule has 0 unspecified atom stereocenters. The van der Waals surface area contributed by atoms with E-state index in [4.69, 9.17) is 16.6 Å². The van der Waals surface area contributed by atoms with E-state index in [-0.39, 0.29) is 0 Å². The molecule has 0 radical (unpaired) electrons. The molecule has 1 rings (SSSR count). The van der Waals surface area contributed by atoms with E-state index in [2.05, 4.69) is 22.5 Å². The summed E-state index contributed by atoms with van der Waals surface area (Å²) in [5, 5.41) is 6.33. The monoisotopic (exact) mass is 185 g/mol. The second-order valence-corrected chi connectivity index (χ2v) is 2.63. The molecule has 0 aliphatic heterocycles. The van der Waals surface area contributed by atoms with Gasteiger partial charge in [0.05, 0.1) is 6.20 Å². The predicted molar refractivity (Wildman–Crippen MR) is 51.0 cm³/mol. The molecule has 0 spiro atoms. The third-order valence-corrected chi connectivity index (χ3v) is 1.43. The predicted octanol–water partition coefficient (Wildman–Crippen LogP) is 1.37. The van der Waals surface area contributed by atoms with Crippen molar-refractivity contribution in [1.82, 2.24) is 10.3 Å². The van der Waals surface area contributed by atoms with E-state index in [1.165, 1.54) is 6.26 Å². The van der Waals surface area contributed by atoms with Gasteiger partial charge < -0.3 is 9.73 Å². The van der Waals surface area contributed by atoms with E-state index in [1.807, 2.05) is 0 Å². The minimum absolute atomic E-state index is 0.420. The van der Waals surface area contributed by atoms with Gasteiger partial charge in [0.25, 0.3) is 0 Å². The molecule has 1 aromatic rings. The molecule has 0 aliphatic carbocycles. The number of oxazole rings is 1. The molecule has 5 heteroatoms. The Morgan fingerprint density at radius 2 is 2.58 bits per heavy atom. The van der Waals surface area contributed by atoms with Gasteiger partial charge in [-0.05, 0) is 18.6 Å². The van der Waals surface area contributed by atoms with Crippen molar-refractivity contribution in [1.29, 1.82) is 0 Å². The lowest BCUT2D eigenvalue weighted by Gasteiger charge is -2.04. The lowest BCUT2D eigenvalue weighted by molar-refractivity contribution is 0.578. The average Bonchev–Trinajstić information content (AvgIpc) is 2.53. The molecule has 0 bridgehead atoms. The van der Waals surface area contributed by atoms with Crippen molar-refractivity contribution < 1.29 is 4.42 Å². The van der Waals surface area contributed by atoms with Gasteiger partial charge in [0.1, 0.15) is 6.26 Å². The van der Waals surface area contributed by atoms with Crippen LogP contribution in [0, 0.1) is 0 Å². The molecule has 0 atom stereocenters. The van der Waals surface area contributed by atoms with Gasteiger partial charge in [-0.1, -0.05) is 6.92 Å². The Balaban J connectivity index is 2.27. The van der Waals surface area contributed by atoms with Crippen molar-refractivity contribution in [2.75, 3.05) is 11.9 Å². The molecule has 1 heterocycles. The molecule has 4 nitrogen and oxygen atoms in total. The van der Waals surface area contributed by atoms with Crippen molar-refractivity contribution in [2.45, 2.75) is 13.3 Å². The van der Waals surface area contributed by atoms with Crippen LogP contribution in [0.5, 0.6) is 0 Å². The number of thiocarbonyl (C=S) groups is 1. The van der Waals surface area contributed by atoms with E-state index in [1.54, 1.807) is 6.20 Å². The first kappa shape index (κ1) is 8.99. The van der Waals surface area contributed by atoms with Crippen LogP contribution < -0.4 is 10.6 Å². The van der Waals surface area contributed by atoms with Crippen LogP contribution in [0.25, 0.3) is 0 Å². The number of nitrogens with one attached hydrogen (secondary N) is 2. The summed E-state index contributed by atoms with van der Waals surface area (Å²) in [6, 6.07) is 0.420. The third kappa shape index (κ3) is 2.87. The fourth-order valence-corrected chi connectivity index (χ4v) is 0.854. The highest BCUT2D eigenvalue weighted by Gasteiger charge is 1.98. The summed E-state index contributed by atoms with van der Waals surface area (Å²) in [7, 11) is 0. The second-order valence-electron chi connectivity index (χ2n) is 2.22. The molecule has 0 saturated carbocycles. The molecule has 2 N–H and O–H groups in total. The first-order valence-corrected chi connectivity index (χ1v) is 4.18. The maximum atomic E-state index is 4.95. The van der Waals surface area contributed by atoms with Crippen LogP contribution in [0.15, 0.2) is 16.9 Å². The number of aromatic nitrogens is 1. The molecule has 0 fully saturated rings. The van der Waals surface area contributed by atoms with Gasteiger partial charge in [-0.2, -0.15) is 0 Å². The molecule has 1 aromatic heterocycles. The average molecular weight is 185 g/mol. The number of hydrogen-bond donors (Lipinski definition) is 2. The fraction of sp³-hybridized carbons (Fsp3) is 0.429. The van der Waals surface area contributed by atoms with E-state index in [0.29, 0.717) is 11.1 Å². The maximum absolute atomic E-state index is 4.95. The Labute approximate surface area is 76.4 Å². The first-order valence-electron chi connectivity index (χ1n) is 3.77. The van der Waals surface area contributed by atoms with Gasteiger partial charge in [-0.3, -0.25) is 5.32 Å². The standard InChI is InChI=1S/C7H11N3OS/c1-2-3-9-7(12)10-6-8-4-5-11-6/h4-5H,2-3H2,1H3,(H2,8,9,10,12). The van der Waals surface area contributed by atoms with Crippen LogP contribution in [0.4, 0.5) is 6.01 Å². The van der Waals surface area contributed by atoms with Crippen molar-refractivity contribution in [2.24, 2.45) is 0 Å². The zero-order chi connectivity index (χ0) is 8.81. The van der Waals surface area contributed by atoms with Crippen LogP contribution in [-0.4, -0.2) is 16.6 Å². The number of nitrogens with zero attached hydrogens (tertiary/aromatic N) is 1. The number of anilines is 1. The first-order chi connectivity index (χ1) is 5.83. The molecule has 0 aliphatic rings. The Morgan fingerprint density at radius 1 is 1.75 bits per heavy atom. The Morgan fingerprint density at radius 3 is 3.17 bits per heavy atom. The largest absolute Gasteiger partial charge is 0.432 e. The van der Waals surface area contributed by atoms with Gasteiger partial charge in [0.15, 0.2) is 5.11 Å². The van der Waals surface area contributed by atoms with Gasteiger partial charge in [-0.25, -0.2) is 4.98 Å². The van der Waals surface area contributed by atoms with E-state index in [9.17, 15) is 0 Å². The van der Waals surface area contributed by atoms with Crippen LogP contribution in [0.3, 0.4) is 0 Å². The smallest absolute Gasteiger partial charge is 0.300 e. The van der Waals surface area contributed by atoms with E-state index < -0.39 is 0 Å². The molecule has 0 amide bonds. The van der Waals surface area contributed by atoms with Crippen LogP contribution >= 0.6 is 12.2 Å². The summed E-state index contributed by atoms with van der Waals surface area (Å²) in [5.74, 6) is 0. The third-order valence-electron chi connectivity index (χ3n) is 1.19. The minimum atomic E-state index is 0.420. The molecule has 12 heavy (non-hydrogen) atoms. The highest BCUT2D eigenvalue weighted by Crippen LogP contribution is 1.99. The SMILES string of the molecule is CCCNC(=S)Nc1ncco1. The van der Waals surface area contributed by atoms with Crippen molar-refractivity contribution >= 4 is 23.3 Å². The summed E-state index contributed by atoms with van der Waals surface area (Å²) in [4.78, 5) is 3.86. The lowest BCUT2D eigenvalue weighted by atomic mass is 10.5. The Hall–Kier alpha value is -1.10. The normalized spacial score (nSPS) is 9.42. The molecule has 0 saturated heterocycles. The van der Waals surface area contributed by atoms with Crippen molar-refractivity contribution in [3.05, 3.63) is 12.5 Å². The lowest BCUT2D eigenvalue weighted by Crippen LogP contribution is -2.28. The zero-order valence-corrected chi connectivity index (χ0v) is 7.65. The molecular formula is C7H11N3OS. The fourth-order valence-electron chi connectivity index (χ4n) is 0.665. The summed E-state index contributed by atoms with van der Waals surface area (Å²) in [6.07, 6.45) is 4.09. The zero-order valence-electron chi connectivity index (χ0n) is 6.83. The summed E-state index contributed by atoms with van der Waals surface area (Å²) in [5.41, 5.74) is 0. The summed E-state index contributed by atoms with van der Waals surface area (Å²) in [6.45, 7) is 2.92. The van der Waals surface area contributed by atoms with Gasteiger partial charge in [0, 0.05) is 6.54 Å². The molecule has 0 aromatic carbocycles. The number of rotatable bonds is 3. The van der Waals surface area contributed by atoms with Gasteiger partial charge in [0.2, 0.25) is 0 Å². The number of hydrogen-bond acceptors (Lipinski definition) is 3. The maximum Gasteiger partial charge on any atom is 0.300 e. The van der Waals surface area contributed by atoms with Gasteiger partial charge in [-0.15, -0.1) is 0 Å². The molecular weight excluding hydrogens is 174 g/mol. The Bertz CT molecular complexity index is 235. The van der Waals surface area contributed by atoms with E-state index in [0.717, 1.165) is 13.0 Å². The molecule has 66 valence electrons. The summed E-state index contributed by atoms with van der Waals surface area (Å²) >= 11 is 4.95. The van der Waals surface area contributed by atoms with Gasteiger partial charge >= 0.3 is 6.01 Å². The van der Waals surface area contributed by atoms with Crippen LogP contribution in [-0.2, 0) is 0 Å². The highest BCUT2D eigenvalue weighted by molar-refractivity contribution is 7.80. The van der Waals surface area contributed by atoms with Crippen molar-refractivity contribution in [3.8, 4) is 0 Å². The highest BCUT2D eigenvalue weighted by atomic mass is 32.1. The minimum Gasteiger partial charge on any atom is -0.432 e. The van der Waals surface area contributed by atoms with Crippen LogP contribution in [0.2, 0.25) is 0 Å². The summed E-state index contributed by atoms with van der Waals surface area (Å²) < 4.78 is 4.93. The van der Waals surface area contributed by atoms with Crippen molar-refractivity contribution in [3.63, 3.8) is 0 Å². The van der Waals surface area contributed by atoms with Crippen LogP contribution in [0.1, 0.15) is 13.3 Å². The second kappa shape index (κ2) is 4.71. The van der Waals surface area contributed by atoms with E-state index >= 15 is 0 Å². The topological polar surface area (TPSA) is 50.1 Å². The Kier molecular flexibility index (Phi) is 3.53. The quantitative estimate of drug-likeness (QED) is 0.696.